The lowest BCUT2D eigenvalue weighted by Gasteiger charge is -2.26. The van der Waals surface area contributed by atoms with Crippen molar-refractivity contribution < 1.29 is 18.7 Å². The van der Waals surface area contributed by atoms with Crippen LogP contribution in [0.5, 0.6) is 0 Å². The Morgan fingerprint density at radius 2 is 1.59 bits per heavy atom. The molecule has 1 aliphatic rings. The molecule has 17 heavy (non-hydrogen) atoms. The molecular formula is C13H14F2O2. The molecule has 0 bridgehead atoms. The van der Waals surface area contributed by atoms with E-state index < -0.39 is 17.6 Å². The fourth-order valence-electron chi connectivity index (χ4n) is 2.48. The van der Waals surface area contributed by atoms with E-state index in [1.807, 2.05) is 0 Å². The van der Waals surface area contributed by atoms with Gasteiger partial charge in [0.1, 0.15) is 11.6 Å². The molecule has 1 aliphatic carbocycles. The molecule has 0 radical (unpaired) electrons. The van der Waals surface area contributed by atoms with Gasteiger partial charge in [0.15, 0.2) is 0 Å². The summed E-state index contributed by atoms with van der Waals surface area (Å²) in [5.41, 5.74) is 0.645. The molecule has 1 aromatic rings. The van der Waals surface area contributed by atoms with Crippen LogP contribution in [0, 0.1) is 17.6 Å². The largest absolute Gasteiger partial charge is 0.481 e. The molecule has 4 heteroatoms. The van der Waals surface area contributed by atoms with Gasteiger partial charge >= 0.3 is 5.97 Å². The standard InChI is InChI=1S/C13H14F2O2/c14-11-5-10(6-12(15)7-11)8-1-3-9(4-2-8)13(16)17/h5-9H,1-4H2,(H,16,17). The van der Waals surface area contributed by atoms with Gasteiger partial charge in [-0.2, -0.15) is 0 Å². The Hall–Kier alpha value is -1.45. The zero-order chi connectivity index (χ0) is 12.4. The van der Waals surface area contributed by atoms with E-state index in [4.69, 9.17) is 5.11 Å². The van der Waals surface area contributed by atoms with Crippen molar-refractivity contribution >= 4 is 5.97 Å². The maximum atomic E-state index is 13.1. The third kappa shape index (κ3) is 2.81. The molecule has 0 spiro atoms. The van der Waals surface area contributed by atoms with Gasteiger partial charge in [0.05, 0.1) is 5.92 Å². The topological polar surface area (TPSA) is 37.3 Å². The smallest absolute Gasteiger partial charge is 0.306 e. The number of rotatable bonds is 2. The molecule has 0 aromatic heterocycles. The van der Waals surface area contributed by atoms with Gasteiger partial charge in [-0.15, -0.1) is 0 Å². The first-order chi connectivity index (χ1) is 8.06. The number of carboxylic acid groups (broad SMARTS) is 1. The maximum absolute atomic E-state index is 13.1. The van der Waals surface area contributed by atoms with E-state index in [0.29, 0.717) is 31.2 Å². The van der Waals surface area contributed by atoms with Crippen molar-refractivity contribution in [3.63, 3.8) is 0 Å². The molecule has 0 saturated heterocycles. The lowest BCUT2D eigenvalue weighted by molar-refractivity contribution is -0.142. The average Bonchev–Trinajstić information content (AvgIpc) is 2.28. The first-order valence-electron chi connectivity index (χ1n) is 5.75. The molecule has 1 fully saturated rings. The average molecular weight is 240 g/mol. The number of benzene rings is 1. The Labute approximate surface area is 98.3 Å². The first kappa shape index (κ1) is 12.0. The van der Waals surface area contributed by atoms with E-state index in [2.05, 4.69) is 0 Å². The van der Waals surface area contributed by atoms with E-state index in [-0.39, 0.29) is 11.8 Å². The number of carboxylic acids is 1. The molecule has 2 nitrogen and oxygen atoms in total. The molecule has 0 heterocycles. The zero-order valence-electron chi connectivity index (χ0n) is 9.33. The van der Waals surface area contributed by atoms with Crippen LogP contribution in [0.4, 0.5) is 8.78 Å². The molecule has 1 N–H and O–H groups in total. The van der Waals surface area contributed by atoms with E-state index in [0.717, 1.165) is 6.07 Å². The minimum Gasteiger partial charge on any atom is -0.481 e. The van der Waals surface area contributed by atoms with E-state index in [1.165, 1.54) is 12.1 Å². The predicted molar refractivity (Wildman–Crippen MR) is 58.7 cm³/mol. The van der Waals surface area contributed by atoms with Crippen LogP contribution in [0.3, 0.4) is 0 Å². The fourth-order valence-corrected chi connectivity index (χ4v) is 2.48. The minimum atomic E-state index is -0.770. The molecule has 92 valence electrons. The van der Waals surface area contributed by atoms with Crippen LogP contribution in [0.2, 0.25) is 0 Å². The second-order valence-corrected chi connectivity index (χ2v) is 4.59. The van der Waals surface area contributed by atoms with Crippen molar-refractivity contribution in [3.8, 4) is 0 Å². The molecule has 1 saturated carbocycles. The lowest BCUT2D eigenvalue weighted by Crippen LogP contribution is -2.20. The summed E-state index contributed by atoms with van der Waals surface area (Å²) in [5, 5.41) is 8.86. The van der Waals surface area contributed by atoms with Gasteiger partial charge in [-0.3, -0.25) is 4.79 Å². The number of hydrogen-bond acceptors (Lipinski definition) is 1. The predicted octanol–water partition coefficient (Wildman–Crippen LogP) is 3.32. The summed E-state index contributed by atoms with van der Waals surface area (Å²) in [6, 6.07) is 3.54. The van der Waals surface area contributed by atoms with Gasteiger partial charge in [-0.05, 0) is 49.3 Å². The maximum Gasteiger partial charge on any atom is 0.306 e. The lowest BCUT2D eigenvalue weighted by atomic mass is 9.79. The zero-order valence-corrected chi connectivity index (χ0v) is 9.33. The monoisotopic (exact) mass is 240 g/mol. The minimum absolute atomic E-state index is 0.0794. The number of halogens is 2. The van der Waals surface area contributed by atoms with Crippen molar-refractivity contribution in [2.45, 2.75) is 31.6 Å². The van der Waals surface area contributed by atoms with Gasteiger partial charge in [-0.1, -0.05) is 0 Å². The second-order valence-electron chi connectivity index (χ2n) is 4.59. The molecule has 0 aliphatic heterocycles. The molecule has 0 atom stereocenters. The van der Waals surface area contributed by atoms with Crippen LogP contribution < -0.4 is 0 Å². The van der Waals surface area contributed by atoms with Crippen molar-refractivity contribution in [2.24, 2.45) is 5.92 Å². The summed E-state index contributed by atoms with van der Waals surface area (Å²) in [7, 11) is 0. The molecule has 2 rings (SSSR count). The van der Waals surface area contributed by atoms with Crippen LogP contribution in [0.1, 0.15) is 37.2 Å². The SMILES string of the molecule is O=C(O)C1CCC(c2cc(F)cc(F)c2)CC1. The van der Waals surface area contributed by atoms with E-state index in [9.17, 15) is 13.6 Å². The van der Waals surface area contributed by atoms with Crippen molar-refractivity contribution in [1.82, 2.24) is 0 Å². The summed E-state index contributed by atoms with van der Waals surface area (Å²) in [5.74, 6) is -2.13. The number of aliphatic carboxylic acids is 1. The summed E-state index contributed by atoms with van der Waals surface area (Å²) >= 11 is 0. The Morgan fingerprint density at radius 3 is 2.06 bits per heavy atom. The molecule has 0 amide bonds. The first-order valence-corrected chi connectivity index (χ1v) is 5.75. The fraction of sp³-hybridized carbons (Fsp3) is 0.462. The normalized spacial score (nSPS) is 24.6. The Morgan fingerprint density at radius 1 is 1.06 bits per heavy atom. The number of hydrogen-bond donors (Lipinski definition) is 1. The highest BCUT2D eigenvalue weighted by Crippen LogP contribution is 2.36. The van der Waals surface area contributed by atoms with Gasteiger partial charge in [0.25, 0.3) is 0 Å². The third-order valence-corrected chi connectivity index (χ3v) is 3.43. The summed E-state index contributed by atoms with van der Waals surface area (Å²) in [6.45, 7) is 0. The van der Waals surface area contributed by atoms with Crippen molar-refractivity contribution in [1.29, 1.82) is 0 Å². The summed E-state index contributed by atoms with van der Waals surface area (Å²) in [6.07, 6.45) is 2.52. The van der Waals surface area contributed by atoms with Gasteiger partial charge in [0.2, 0.25) is 0 Å². The third-order valence-electron chi connectivity index (χ3n) is 3.43. The molecule has 1 aromatic carbocycles. The van der Waals surface area contributed by atoms with E-state index in [1.54, 1.807) is 0 Å². The Kier molecular flexibility index (Phi) is 3.41. The van der Waals surface area contributed by atoms with Crippen LogP contribution in [0.15, 0.2) is 18.2 Å². The highest BCUT2D eigenvalue weighted by Gasteiger charge is 2.27. The van der Waals surface area contributed by atoms with E-state index >= 15 is 0 Å². The highest BCUT2D eigenvalue weighted by atomic mass is 19.1. The van der Waals surface area contributed by atoms with Crippen molar-refractivity contribution in [2.75, 3.05) is 0 Å². The van der Waals surface area contributed by atoms with Crippen molar-refractivity contribution in [3.05, 3.63) is 35.4 Å². The van der Waals surface area contributed by atoms with Gasteiger partial charge in [-0.25, -0.2) is 8.78 Å². The quantitative estimate of drug-likeness (QED) is 0.861. The Balaban J connectivity index is 2.07. The molecular weight excluding hydrogens is 226 g/mol. The van der Waals surface area contributed by atoms with Crippen LogP contribution >= 0.6 is 0 Å². The van der Waals surface area contributed by atoms with Gasteiger partial charge in [0, 0.05) is 6.07 Å². The van der Waals surface area contributed by atoms with Gasteiger partial charge < -0.3 is 5.11 Å². The second kappa shape index (κ2) is 4.82. The van der Waals surface area contributed by atoms with Crippen LogP contribution in [-0.2, 0) is 4.79 Å². The highest BCUT2D eigenvalue weighted by molar-refractivity contribution is 5.70. The Bertz CT molecular complexity index is 403. The number of carbonyl (C=O) groups is 1. The summed E-state index contributed by atoms with van der Waals surface area (Å²) < 4.78 is 26.1. The van der Waals surface area contributed by atoms with Crippen LogP contribution in [-0.4, -0.2) is 11.1 Å². The van der Waals surface area contributed by atoms with Crippen LogP contribution in [0.25, 0.3) is 0 Å². The molecule has 0 unspecified atom stereocenters. The summed E-state index contributed by atoms with van der Waals surface area (Å²) in [4.78, 5) is 10.8.